The number of nitrogens with one attached hydrogen (secondary N) is 1. The molecule has 3 N–H and O–H groups in total. The Kier molecular flexibility index (Phi) is 4.18. The lowest BCUT2D eigenvalue weighted by Gasteiger charge is -2.36. The van der Waals surface area contributed by atoms with Gasteiger partial charge in [-0.2, -0.15) is 0 Å². The molecule has 1 aliphatic rings. The average Bonchev–Trinajstić information content (AvgIpc) is 2.42. The van der Waals surface area contributed by atoms with Crippen LogP contribution in [0, 0.1) is 5.92 Å². The van der Waals surface area contributed by atoms with Crippen LogP contribution in [0.3, 0.4) is 0 Å². The summed E-state index contributed by atoms with van der Waals surface area (Å²) >= 11 is 0. The second-order valence-corrected chi connectivity index (χ2v) is 5.69. The molecule has 0 radical (unpaired) electrons. The molecule has 5 heteroatoms. The number of carbonyl (C=O) groups is 1. The van der Waals surface area contributed by atoms with Crippen molar-refractivity contribution in [3.8, 4) is 11.5 Å². The van der Waals surface area contributed by atoms with Gasteiger partial charge in [-0.05, 0) is 51.9 Å². The van der Waals surface area contributed by atoms with Crippen molar-refractivity contribution >= 4 is 5.97 Å². The van der Waals surface area contributed by atoms with Crippen molar-refractivity contribution in [2.45, 2.75) is 32.3 Å². The van der Waals surface area contributed by atoms with Crippen molar-refractivity contribution in [3.63, 3.8) is 0 Å². The summed E-state index contributed by atoms with van der Waals surface area (Å²) in [7, 11) is 0. The zero-order chi connectivity index (χ0) is 14.8. The Bertz CT molecular complexity index is 493. The number of piperidine rings is 1. The molecule has 1 fully saturated rings. The SMILES string of the molecule is CC(C)(OC(=O)c1cccc(O)c1O)C1CCNCC1. The minimum Gasteiger partial charge on any atom is -0.504 e. The number of phenols is 2. The molecular weight excluding hydrogens is 258 g/mol. The maximum atomic E-state index is 12.2. The second-order valence-electron chi connectivity index (χ2n) is 5.69. The summed E-state index contributed by atoms with van der Waals surface area (Å²) in [5.41, 5.74) is -0.608. The molecule has 5 nitrogen and oxygen atoms in total. The number of para-hydroxylation sites is 1. The number of carbonyl (C=O) groups excluding carboxylic acids is 1. The number of hydrogen-bond acceptors (Lipinski definition) is 5. The first-order chi connectivity index (χ1) is 9.42. The van der Waals surface area contributed by atoms with E-state index in [0.29, 0.717) is 0 Å². The highest BCUT2D eigenvalue weighted by Crippen LogP contribution is 2.33. The highest BCUT2D eigenvalue weighted by atomic mass is 16.6. The van der Waals surface area contributed by atoms with Crippen LogP contribution in [-0.4, -0.2) is 34.9 Å². The van der Waals surface area contributed by atoms with Crippen LogP contribution >= 0.6 is 0 Å². The van der Waals surface area contributed by atoms with Crippen LogP contribution in [0.4, 0.5) is 0 Å². The van der Waals surface area contributed by atoms with Gasteiger partial charge in [0.1, 0.15) is 11.2 Å². The van der Waals surface area contributed by atoms with Gasteiger partial charge < -0.3 is 20.3 Å². The summed E-state index contributed by atoms with van der Waals surface area (Å²) in [4.78, 5) is 12.2. The molecule has 1 aliphatic heterocycles. The molecule has 0 unspecified atom stereocenters. The lowest BCUT2D eigenvalue weighted by atomic mass is 9.83. The Balaban J connectivity index is 2.11. The maximum Gasteiger partial charge on any atom is 0.342 e. The molecule has 1 saturated heterocycles. The third kappa shape index (κ3) is 3.04. The van der Waals surface area contributed by atoms with Crippen molar-refractivity contribution in [2.24, 2.45) is 5.92 Å². The van der Waals surface area contributed by atoms with Gasteiger partial charge in [0, 0.05) is 5.92 Å². The molecule has 1 heterocycles. The molecule has 0 aromatic heterocycles. The summed E-state index contributed by atoms with van der Waals surface area (Å²) < 4.78 is 5.56. The molecule has 20 heavy (non-hydrogen) atoms. The Morgan fingerprint density at radius 2 is 1.95 bits per heavy atom. The van der Waals surface area contributed by atoms with Crippen molar-refractivity contribution in [2.75, 3.05) is 13.1 Å². The lowest BCUT2D eigenvalue weighted by Crippen LogP contribution is -2.42. The second kappa shape index (κ2) is 5.71. The molecule has 2 rings (SSSR count). The first-order valence-electron chi connectivity index (χ1n) is 6.87. The fourth-order valence-electron chi connectivity index (χ4n) is 2.59. The number of hydrogen-bond donors (Lipinski definition) is 3. The normalized spacial score (nSPS) is 16.9. The summed E-state index contributed by atoms with van der Waals surface area (Å²) in [6, 6.07) is 4.27. The van der Waals surface area contributed by atoms with E-state index in [2.05, 4.69) is 5.32 Å². The third-order valence-electron chi connectivity index (χ3n) is 3.91. The molecule has 0 bridgehead atoms. The van der Waals surface area contributed by atoms with Crippen LogP contribution < -0.4 is 5.32 Å². The van der Waals surface area contributed by atoms with Crippen molar-refractivity contribution < 1.29 is 19.7 Å². The predicted molar refractivity (Wildman–Crippen MR) is 74.9 cm³/mol. The summed E-state index contributed by atoms with van der Waals surface area (Å²) in [5.74, 6) is -1.08. The van der Waals surface area contributed by atoms with Gasteiger partial charge in [0.05, 0.1) is 0 Å². The number of esters is 1. The van der Waals surface area contributed by atoms with Gasteiger partial charge in [0.2, 0.25) is 0 Å². The van der Waals surface area contributed by atoms with E-state index in [1.54, 1.807) is 0 Å². The molecular formula is C15H21NO4. The number of aromatic hydroxyl groups is 2. The van der Waals surface area contributed by atoms with E-state index in [9.17, 15) is 15.0 Å². The largest absolute Gasteiger partial charge is 0.504 e. The van der Waals surface area contributed by atoms with Crippen LogP contribution in [-0.2, 0) is 4.74 Å². The molecule has 0 aliphatic carbocycles. The van der Waals surface area contributed by atoms with Gasteiger partial charge in [0.15, 0.2) is 11.5 Å². The van der Waals surface area contributed by atoms with Gasteiger partial charge in [-0.1, -0.05) is 6.07 Å². The third-order valence-corrected chi connectivity index (χ3v) is 3.91. The highest BCUT2D eigenvalue weighted by Gasteiger charge is 2.35. The van der Waals surface area contributed by atoms with Gasteiger partial charge in [0.25, 0.3) is 0 Å². The topological polar surface area (TPSA) is 78.8 Å². The molecule has 0 amide bonds. The quantitative estimate of drug-likeness (QED) is 0.583. The van der Waals surface area contributed by atoms with E-state index in [4.69, 9.17) is 4.74 Å². The zero-order valence-electron chi connectivity index (χ0n) is 11.8. The number of ether oxygens (including phenoxy) is 1. The van der Waals surface area contributed by atoms with E-state index in [1.807, 2.05) is 13.8 Å². The van der Waals surface area contributed by atoms with Gasteiger partial charge in [-0.15, -0.1) is 0 Å². The van der Waals surface area contributed by atoms with Crippen molar-refractivity contribution in [3.05, 3.63) is 23.8 Å². The smallest absolute Gasteiger partial charge is 0.342 e. The number of benzene rings is 1. The molecule has 0 saturated carbocycles. The Labute approximate surface area is 118 Å². The molecule has 1 aromatic rings. The maximum absolute atomic E-state index is 12.2. The van der Waals surface area contributed by atoms with Gasteiger partial charge >= 0.3 is 5.97 Å². The lowest BCUT2D eigenvalue weighted by molar-refractivity contribution is -0.0370. The van der Waals surface area contributed by atoms with Crippen LogP contribution in [0.25, 0.3) is 0 Å². The zero-order valence-corrected chi connectivity index (χ0v) is 11.8. The van der Waals surface area contributed by atoms with Crippen LogP contribution in [0.15, 0.2) is 18.2 Å². The van der Waals surface area contributed by atoms with Crippen molar-refractivity contribution in [1.29, 1.82) is 0 Å². The summed E-state index contributed by atoms with van der Waals surface area (Å²) in [6.07, 6.45) is 1.90. The highest BCUT2D eigenvalue weighted by molar-refractivity contribution is 5.93. The Morgan fingerprint density at radius 3 is 2.60 bits per heavy atom. The monoisotopic (exact) mass is 279 g/mol. The van der Waals surface area contributed by atoms with Gasteiger partial charge in [-0.3, -0.25) is 0 Å². The first-order valence-corrected chi connectivity index (χ1v) is 6.87. The molecule has 1 aromatic carbocycles. The van der Waals surface area contributed by atoms with E-state index in [1.165, 1.54) is 18.2 Å². The molecule has 0 spiro atoms. The summed E-state index contributed by atoms with van der Waals surface area (Å²) in [6.45, 7) is 5.62. The van der Waals surface area contributed by atoms with E-state index >= 15 is 0 Å². The summed E-state index contributed by atoms with van der Waals surface area (Å²) in [5, 5.41) is 22.4. The molecule has 0 atom stereocenters. The molecule has 110 valence electrons. The van der Waals surface area contributed by atoms with Gasteiger partial charge in [-0.25, -0.2) is 4.79 Å². The van der Waals surface area contributed by atoms with E-state index in [-0.39, 0.29) is 17.2 Å². The number of phenolic OH excluding ortho intramolecular Hbond substituents is 2. The van der Waals surface area contributed by atoms with E-state index < -0.39 is 17.3 Å². The van der Waals surface area contributed by atoms with Crippen LogP contribution in [0.1, 0.15) is 37.0 Å². The fourth-order valence-corrected chi connectivity index (χ4v) is 2.59. The minimum atomic E-state index is -0.609. The van der Waals surface area contributed by atoms with E-state index in [0.717, 1.165) is 25.9 Å². The predicted octanol–water partition coefficient (Wildman–Crippen LogP) is 2.03. The standard InChI is InChI=1S/C15H21NO4/c1-15(2,10-6-8-16-9-7-10)20-14(19)11-4-3-5-12(17)13(11)18/h3-5,10,16-18H,6-9H2,1-2H3. The minimum absolute atomic E-state index is 0.00740. The average molecular weight is 279 g/mol. The first kappa shape index (κ1) is 14.7. The fraction of sp³-hybridized carbons (Fsp3) is 0.533. The Hall–Kier alpha value is -1.75. The van der Waals surface area contributed by atoms with Crippen molar-refractivity contribution in [1.82, 2.24) is 5.32 Å². The Morgan fingerprint density at radius 1 is 1.30 bits per heavy atom. The van der Waals surface area contributed by atoms with Crippen LogP contribution in [0.5, 0.6) is 11.5 Å². The number of rotatable bonds is 3. The van der Waals surface area contributed by atoms with Crippen LogP contribution in [0.2, 0.25) is 0 Å².